The Morgan fingerprint density at radius 1 is 0.981 bits per heavy atom. The van der Waals surface area contributed by atoms with Gasteiger partial charge in [0.25, 0.3) is 0 Å². The van der Waals surface area contributed by atoms with Gasteiger partial charge in [-0.3, -0.25) is 14.5 Å². The number of carboxylic acids is 1. The SMILES string of the molecule is COc1cc(-c2cccc(-c3cccc4c3CC[C@@H]4Oc3nc(OC)c(CN4CC5(C(=O)O)CCC4C5)cc3Cl)c2Cl)ccc1CNC[C@@H]1CCC(=O)N1. The second kappa shape index (κ2) is 15.1. The van der Waals surface area contributed by atoms with Crippen molar-refractivity contribution in [2.45, 2.75) is 76.2 Å². The maximum absolute atomic E-state index is 12.0. The van der Waals surface area contributed by atoms with Gasteiger partial charge in [-0.05, 0) is 72.9 Å². The van der Waals surface area contributed by atoms with E-state index in [2.05, 4.69) is 45.9 Å². The first-order chi connectivity index (χ1) is 26.2. The van der Waals surface area contributed by atoms with Gasteiger partial charge in [0.15, 0.2) is 0 Å². The van der Waals surface area contributed by atoms with Gasteiger partial charge in [0.05, 0.1) is 24.7 Å². The Morgan fingerprint density at radius 2 is 1.80 bits per heavy atom. The monoisotopic (exact) mass is 770 g/mol. The van der Waals surface area contributed by atoms with Crippen LogP contribution in [-0.4, -0.2) is 66.3 Å². The molecule has 2 bridgehead atoms. The quantitative estimate of drug-likeness (QED) is 0.126. The molecule has 0 spiro atoms. The van der Waals surface area contributed by atoms with Gasteiger partial charge in [0, 0.05) is 66.9 Å². The predicted octanol–water partition coefficient (Wildman–Crippen LogP) is 7.61. The van der Waals surface area contributed by atoms with Crippen LogP contribution in [0.3, 0.4) is 0 Å². The summed E-state index contributed by atoms with van der Waals surface area (Å²) in [4.78, 5) is 30.5. The first kappa shape index (κ1) is 36.6. The van der Waals surface area contributed by atoms with Crippen molar-refractivity contribution in [3.05, 3.63) is 93.0 Å². The van der Waals surface area contributed by atoms with E-state index in [1.807, 2.05) is 30.3 Å². The molecule has 10 nitrogen and oxygen atoms in total. The summed E-state index contributed by atoms with van der Waals surface area (Å²) < 4.78 is 18.0. The highest BCUT2D eigenvalue weighted by Gasteiger charge is 2.54. The fourth-order valence-electron chi connectivity index (χ4n) is 8.96. The first-order valence-corrected chi connectivity index (χ1v) is 19.4. The normalized spacial score (nSPS) is 23.0. The van der Waals surface area contributed by atoms with Crippen LogP contribution in [0.1, 0.15) is 66.9 Å². The molecule has 2 aliphatic heterocycles. The fourth-order valence-corrected chi connectivity index (χ4v) is 9.52. The van der Waals surface area contributed by atoms with Gasteiger partial charge < -0.3 is 30.0 Å². The minimum Gasteiger partial charge on any atom is -0.496 e. The third-order valence-electron chi connectivity index (χ3n) is 11.8. The van der Waals surface area contributed by atoms with Gasteiger partial charge in [-0.15, -0.1) is 0 Å². The van der Waals surface area contributed by atoms with Crippen LogP contribution < -0.4 is 24.8 Å². The molecule has 1 amide bonds. The lowest BCUT2D eigenvalue weighted by molar-refractivity contribution is -0.148. The molecule has 3 heterocycles. The van der Waals surface area contributed by atoms with E-state index in [4.69, 9.17) is 42.4 Å². The molecule has 4 aromatic rings. The average molecular weight is 772 g/mol. The highest BCUT2D eigenvalue weighted by Crippen LogP contribution is 2.49. The molecule has 2 aliphatic carbocycles. The maximum atomic E-state index is 12.0. The summed E-state index contributed by atoms with van der Waals surface area (Å²) in [6, 6.07) is 20.7. The third kappa shape index (κ3) is 6.89. The lowest BCUT2D eigenvalue weighted by atomic mass is 9.87. The van der Waals surface area contributed by atoms with E-state index in [-0.39, 0.29) is 24.1 Å². The van der Waals surface area contributed by atoms with Gasteiger partial charge in [0.1, 0.15) is 16.9 Å². The van der Waals surface area contributed by atoms with Gasteiger partial charge in [-0.1, -0.05) is 71.7 Å². The number of aromatic nitrogens is 1. The van der Waals surface area contributed by atoms with Gasteiger partial charge >= 0.3 is 5.97 Å². The highest BCUT2D eigenvalue weighted by molar-refractivity contribution is 6.36. The summed E-state index contributed by atoms with van der Waals surface area (Å²) >= 11 is 14.0. The summed E-state index contributed by atoms with van der Waals surface area (Å²) in [7, 11) is 3.25. The first-order valence-electron chi connectivity index (χ1n) is 18.6. The molecular formula is C42H44Cl2N4O6. The zero-order valence-corrected chi connectivity index (χ0v) is 31.9. The molecule has 3 N–H and O–H groups in total. The second-order valence-corrected chi connectivity index (χ2v) is 15.8. The number of nitrogens with one attached hydrogen (secondary N) is 2. The molecule has 282 valence electrons. The van der Waals surface area contributed by atoms with Crippen LogP contribution in [0.4, 0.5) is 0 Å². The average Bonchev–Trinajstić information content (AvgIpc) is 3.98. The van der Waals surface area contributed by atoms with Gasteiger partial charge in [-0.2, -0.15) is 4.98 Å². The van der Waals surface area contributed by atoms with Crippen LogP contribution in [0.5, 0.6) is 17.5 Å². The second-order valence-electron chi connectivity index (χ2n) is 15.0. The maximum Gasteiger partial charge on any atom is 0.311 e. The summed E-state index contributed by atoms with van der Waals surface area (Å²) in [5.74, 6) is 0.907. The summed E-state index contributed by atoms with van der Waals surface area (Å²) in [6.07, 6.45) is 4.99. The Hall–Kier alpha value is -4.35. The smallest absolute Gasteiger partial charge is 0.311 e. The van der Waals surface area contributed by atoms with Crippen LogP contribution in [-0.2, 0) is 29.1 Å². The van der Waals surface area contributed by atoms with Gasteiger partial charge in [-0.25, -0.2) is 0 Å². The zero-order valence-electron chi connectivity index (χ0n) is 30.4. The summed E-state index contributed by atoms with van der Waals surface area (Å²) in [6.45, 7) is 2.36. The number of carboxylic acid groups (broad SMARTS) is 1. The molecule has 1 aromatic heterocycles. The van der Waals surface area contributed by atoms with Gasteiger partial charge in [0.2, 0.25) is 17.7 Å². The topological polar surface area (TPSA) is 122 Å². The number of rotatable bonds is 13. The van der Waals surface area contributed by atoms with Crippen LogP contribution in [0, 0.1) is 5.41 Å². The van der Waals surface area contributed by atoms with E-state index in [0.29, 0.717) is 60.8 Å². The Bertz CT molecular complexity index is 2110. The number of hydrogen-bond acceptors (Lipinski definition) is 8. The molecule has 0 radical (unpaired) electrons. The molecular weight excluding hydrogens is 727 g/mol. The van der Waals surface area contributed by atoms with Crippen LogP contribution >= 0.6 is 23.2 Å². The van der Waals surface area contributed by atoms with Crippen molar-refractivity contribution in [2.24, 2.45) is 5.41 Å². The number of ether oxygens (including phenoxy) is 3. The molecule has 4 aliphatic rings. The van der Waals surface area contributed by atoms with Crippen LogP contribution in [0.2, 0.25) is 10.0 Å². The lowest BCUT2D eigenvalue weighted by Crippen LogP contribution is -2.38. The Balaban J connectivity index is 0.993. The molecule has 1 saturated carbocycles. The number of aliphatic carboxylic acids is 1. The standard InChI is InChI=1S/C42H44Cl2N4O6/c1-52-36-18-24(9-10-25(36)20-45-21-27-11-14-37(49)46-27)29-5-3-8-33(38(29)44)30-6-4-7-32-31(30)12-13-35(32)54-40-34(43)17-26(39(47-40)53-2)22-48-23-42(41(50)51)16-15-28(48)19-42/h3-10,17-18,27-28,35,45H,11-16,19-23H2,1-2H3,(H,46,49)(H,50,51)/t27-,28?,35-,42?/m0/s1. The van der Waals surface area contributed by atoms with E-state index < -0.39 is 11.4 Å². The van der Waals surface area contributed by atoms with E-state index >= 15 is 0 Å². The number of carbonyl (C=O) groups is 2. The molecule has 4 atom stereocenters. The minimum atomic E-state index is -0.710. The van der Waals surface area contributed by atoms with E-state index in [0.717, 1.165) is 76.8 Å². The fraction of sp³-hybridized carbons (Fsp3) is 0.405. The van der Waals surface area contributed by atoms with Crippen molar-refractivity contribution in [1.82, 2.24) is 20.5 Å². The third-order valence-corrected chi connectivity index (χ3v) is 12.4. The number of likely N-dealkylation sites (tertiary alicyclic amines) is 1. The van der Waals surface area contributed by atoms with Crippen LogP contribution in [0.15, 0.2) is 60.7 Å². The number of amides is 1. The molecule has 12 heteroatoms. The number of nitrogens with zero attached hydrogens (tertiary/aromatic N) is 2. The molecule has 3 fully saturated rings. The molecule has 8 rings (SSSR count). The Kier molecular flexibility index (Phi) is 10.2. The van der Waals surface area contributed by atoms with E-state index in [1.54, 1.807) is 14.2 Å². The number of pyridine rings is 1. The lowest BCUT2D eigenvalue weighted by Gasteiger charge is -2.30. The molecule has 54 heavy (non-hydrogen) atoms. The Labute approximate surface area is 325 Å². The summed E-state index contributed by atoms with van der Waals surface area (Å²) in [5, 5.41) is 17.4. The summed E-state index contributed by atoms with van der Waals surface area (Å²) in [5.41, 5.74) is 7.29. The number of hydrogen-bond donors (Lipinski definition) is 3. The van der Waals surface area contributed by atoms with Crippen LogP contribution in [0.25, 0.3) is 22.3 Å². The number of piperidine rings is 1. The van der Waals surface area contributed by atoms with Crippen molar-refractivity contribution in [1.29, 1.82) is 0 Å². The van der Waals surface area contributed by atoms with Crippen molar-refractivity contribution in [2.75, 3.05) is 27.3 Å². The minimum absolute atomic E-state index is 0.112. The predicted molar refractivity (Wildman–Crippen MR) is 207 cm³/mol. The molecule has 2 saturated heterocycles. The number of carbonyl (C=O) groups excluding carboxylic acids is 1. The highest BCUT2D eigenvalue weighted by atomic mass is 35.5. The number of methoxy groups -OCH3 is 2. The van der Waals surface area contributed by atoms with E-state index in [1.165, 1.54) is 5.56 Å². The zero-order chi connectivity index (χ0) is 37.6. The number of fused-ring (bicyclic) bond motifs is 3. The van der Waals surface area contributed by atoms with Crippen molar-refractivity contribution in [3.63, 3.8) is 0 Å². The van der Waals surface area contributed by atoms with Crippen molar-refractivity contribution >= 4 is 35.1 Å². The molecule has 3 aromatic carbocycles. The van der Waals surface area contributed by atoms with Crippen molar-refractivity contribution in [3.8, 4) is 39.8 Å². The van der Waals surface area contributed by atoms with Crippen molar-refractivity contribution < 1.29 is 28.9 Å². The number of benzene rings is 3. The van der Waals surface area contributed by atoms with E-state index in [9.17, 15) is 14.7 Å². The Morgan fingerprint density at radius 3 is 2.56 bits per heavy atom. The largest absolute Gasteiger partial charge is 0.496 e. The number of halogens is 2. The molecule has 2 unspecified atom stereocenters.